The van der Waals surface area contributed by atoms with Crippen LogP contribution < -0.4 is 0 Å². The van der Waals surface area contributed by atoms with Crippen LogP contribution in [0.3, 0.4) is 0 Å². The number of furan rings is 1. The monoisotopic (exact) mass is 262 g/mol. The van der Waals surface area contributed by atoms with E-state index in [1.807, 2.05) is 6.92 Å². The summed E-state index contributed by atoms with van der Waals surface area (Å²) in [4.78, 5) is 22.4. The second-order valence-electron chi connectivity index (χ2n) is 4.01. The third-order valence-corrected chi connectivity index (χ3v) is 2.62. The molecule has 0 fully saturated rings. The van der Waals surface area contributed by atoms with Crippen molar-refractivity contribution in [1.29, 1.82) is 0 Å². The van der Waals surface area contributed by atoms with Gasteiger partial charge in [-0.1, -0.05) is 6.92 Å². The lowest BCUT2D eigenvalue weighted by Gasteiger charge is -1.95. The van der Waals surface area contributed by atoms with Crippen molar-refractivity contribution < 1.29 is 18.7 Å². The Morgan fingerprint density at radius 1 is 1.58 bits per heavy atom. The minimum Gasteiger partial charge on any atom is -0.465 e. The van der Waals surface area contributed by atoms with Crippen molar-refractivity contribution in [2.24, 2.45) is 0 Å². The number of carbonyl (C=O) groups is 2. The largest absolute Gasteiger partial charge is 0.465 e. The van der Waals surface area contributed by atoms with E-state index >= 15 is 0 Å². The number of ether oxygens (including phenoxy) is 1. The highest BCUT2D eigenvalue weighted by Gasteiger charge is 2.17. The Morgan fingerprint density at radius 3 is 3.00 bits per heavy atom. The number of hydrogen-bond donors (Lipinski definition) is 0. The quantitative estimate of drug-likeness (QED) is 0.609. The molecule has 0 aliphatic heterocycles. The van der Waals surface area contributed by atoms with Crippen molar-refractivity contribution >= 4 is 12.3 Å². The molecule has 2 aromatic rings. The second kappa shape index (κ2) is 5.51. The van der Waals surface area contributed by atoms with Crippen LogP contribution in [0.5, 0.6) is 0 Å². The number of rotatable bonds is 5. The Kier molecular flexibility index (Phi) is 3.79. The summed E-state index contributed by atoms with van der Waals surface area (Å²) in [5, 5.41) is 4.28. The lowest BCUT2D eigenvalue weighted by Crippen LogP contribution is -1.98. The summed E-state index contributed by atoms with van der Waals surface area (Å²) in [7, 11) is 1.29. The summed E-state index contributed by atoms with van der Waals surface area (Å²) in [6.07, 6.45) is 4.57. The highest BCUT2D eigenvalue weighted by molar-refractivity contribution is 5.91. The first-order chi connectivity index (χ1) is 9.19. The lowest BCUT2D eigenvalue weighted by atomic mass is 10.2. The smallest absolute Gasteiger partial charge is 0.341 e. The number of aromatic nitrogens is 2. The molecule has 0 N–H and O–H groups in total. The molecule has 2 aromatic heterocycles. The number of aldehydes is 1. The van der Waals surface area contributed by atoms with Gasteiger partial charge in [0.25, 0.3) is 0 Å². The second-order valence-corrected chi connectivity index (χ2v) is 4.01. The standard InChI is InChI=1S/C13H14N2O4/c1-3-4-15-6-10(7-16)12(14-15)11-5-9(8-19-11)13(17)18-2/h5-8H,3-4H2,1-2H3. The molecule has 0 unspecified atom stereocenters. The highest BCUT2D eigenvalue weighted by atomic mass is 16.5. The Hall–Kier alpha value is -2.37. The molecule has 0 aromatic carbocycles. The van der Waals surface area contributed by atoms with E-state index in [0.29, 0.717) is 29.1 Å². The third kappa shape index (κ3) is 2.57. The minimum atomic E-state index is -0.490. The predicted octanol–water partition coefficient (Wildman–Crippen LogP) is 2.15. The summed E-state index contributed by atoms with van der Waals surface area (Å²) in [6, 6.07) is 1.51. The van der Waals surface area contributed by atoms with Crippen LogP contribution in [0.2, 0.25) is 0 Å². The van der Waals surface area contributed by atoms with Crippen LogP contribution in [-0.2, 0) is 11.3 Å². The van der Waals surface area contributed by atoms with Gasteiger partial charge >= 0.3 is 5.97 Å². The molecule has 19 heavy (non-hydrogen) atoms. The molecule has 2 rings (SSSR count). The molecule has 100 valence electrons. The van der Waals surface area contributed by atoms with Crippen molar-refractivity contribution in [3.63, 3.8) is 0 Å². The van der Waals surface area contributed by atoms with Crippen molar-refractivity contribution in [1.82, 2.24) is 9.78 Å². The first-order valence-electron chi connectivity index (χ1n) is 5.89. The van der Waals surface area contributed by atoms with Gasteiger partial charge in [0.1, 0.15) is 12.0 Å². The van der Waals surface area contributed by atoms with Gasteiger partial charge in [-0.25, -0.2) is 4.79 Å². The Balaban J connectivity index is 2.37. The van der Waals surface area contributed by atoms with E-state index in [4.69, 9.17) is 4.42 Å². The van der Waals surface area contributed by atoms with Crippen LogP contribution in [0, 0.1) is 0 Å². The van der Waals surface area contributed by atoms with E-state index in [-0.39, 0.29) is 0 Å². The maximum Gasteiger partial charge on any atom is 0.341 e. The van der Waals surface area contributed by atoms with E-state index in [2.05, 4.69) is 9.84 Å². The number of hydrogen-bond acceptors (Lipinski definition) is 5. The average molecular weight is 262 g/mol. The highest BCUT2D eigenvalue weighted by Crippen LogP contribution is 2.24. The summed E-state index contributed by atoms with van der Waals surface area (Å²) in [5.41, 5.74) is 1.15. The Labute approximate surface area is 110 Å². The zero-order valence-electron chi connectivity index (χ0n) is 10.8. The van der Waals surface area contributed by atoms with Crippen molar-refractivity contribution in [3.8, 4) is 11.5 Å². The van der Waals surface area contributed by atoms with E-state index < -0.39 is 5.97 Å². The maximum atomic E-state index is 11.3. The normalized spacial score (nSPS) is 10.4. The van der Waals surface area contributed by atoms with Gasteiger partial charge in [-0.3, -0.25) is 9.48 Å². The topological polar surface area (TPSA) is 74.3 Å². The summed E-state index contributed by atoms with van der Waals surface area (Å²) >= 11 is 0. The van der Waals surface area contributed by atoms with Crippen molar-refractivity contribution in [3.05, 3.63) is 29.7 Å². The molecule has 0 aliphatic rings. The molecule has 6 nitrogen and oxygen atoms in total. The molecule has 0 saturated carbocycles. The van der Waals surface area contributed by atoms with Gasteiger partial charge in [-0.2, -0.15) is 5.10 Å². The fourth-order valence-corrected chi connectivity index (χ4v) is 1.74. The zero-order valence-corrected chi connectivity index (χ0v) is 10.8. The van der Waals surface area contributed by atoms with Gasteiger partial charge in [0, 0.05) is 18.8 Å². The zero-order chi connectivity index (χ0) is 13.8. The van der Waals surface area contributed by atoms with Gasteiger partial charge in [0.2, 0.25) is 0 Å². The van der Waals surface area contributed by atoms with Crippen molar-refractivity contribution in [2.75, 3.05) is 7.11 Å². The molecular weight excluding hydrogens is 248 g/mol. The Morgan fingerprint density at radius 2 is 2.37 bits per heavy atom. The van der Waals surface area contributed by atoms with Crippen LogP contribution in [0.4, 0.5) is 0 Å². The SMILES string of the molecule is CCCn1cc(C=O)c(-c2cc(C(=O)OC)co2)n1. The van der Waals surface area contributed by atoms with Gasteiger partial charge in [-0.05, 0) is 6.42 Å². The predicted molar refractivity (Wildman–Crippen MR) is 66.9 cm³/mol. The molecule has 2 heterocycles. The van der Waals surface area contributed by atoms with E-state index in [1.54, 1.807) is 10.9 Å². The maximum absolute atomic E-state index is 11.3. The first-order valence-corrected chi connectivity index (χ1v) is 5.89. The van der Waals surface area contributed by atoms with Crippen LogP contribution >= 0.6 is 0 Å². The first kappa shape index (κ1) is 13.1. The van der Waals surface area contributed by atoms with Gasteiger partial charge in [0.05, 0.1) is 18.2 Å². The van der Waals surface area contributed by atoms with Crippen LogP contribution in [0.25, 0.3) is 11.5 Å². The van der Waals surface area contributed by atoms with Gasteiger partial charge in [-0.15, -0.1) is 0 Å². The molecule has 0 aliphatic carbocycles. The van der Waals surface area contributed by atoms with Crippen molar-refractivity contribution in [2.45, 2.75) is 19.9 Å². The Bertz CT molecular complexity index is 598. The fraction of sp³-hybridized carbons (Fsp3) is 0.308. The molecule has 6 heteroatoms. The van der Waals surface area contributed by atoms with E-state index in [1.165, 1.54) is 19.4 Å². The number of methoxy groups -OCH3 is 1. The fourth-order valence-electron chi connectivity index (χ4n) is 1.74. The number of esters is 1. The summed E-state index contributed by atoms with van der Waals surface area (Å²) in [6.45, 7) is 2.73. The summed E-state index contributed by atoms with van der Waals surface area (Å²) in [5.74, 6) is -0.118. The molecule has 0 saturated heterocycles. The molecule has 0 spiro atoms. The molecule has 0 atom stereocenters. The third-order valence-electron chi connectivity index (χ3n) is 2.62. The minimum absolute atomic E-state index is 0.291. The average Bonchev–Trinajstić information content (AvgIpc) is 3.04. The molecular formula is C13H14N2O4. The van der Waals surface area contributed by atoms with Gasteiger partial charge in [0.15, 0.2) is 12.0 Å². The number of aryl methyl sites for hydroxylation is 1. The van der Waals surface area contributed by atoms with E-state index in [0.717, 1.165) is 12.7 Å². The molecule has 0 bridgehead atoms. The van der Waals surface area contributed by atoms with Crippen LogP contribution in [0.1, 0.15) is 34.1 Å². The number of nitrogens with zero attached hydrogens (tertiary/aromatic N) is 2. The molecule has 0 radical (unpaired) electrons. The van der Waals surface area contributed by atoms with Crippen LogP contribution in [-0.4, -0.2) is 29.1 Å². The van der Waals surface area contributed by atoms with E-state index in [9.17, 15) is 9.59 Å². The number of carbonyl (C=O) groups excluding carboxylic acids is 2. The van der Waals surface area contributed by atoms with Gasteiger partial charge < -0.3 is 9.15 Å². The summed E-state index contributed by atoms with van der Waals surface area (Å²) < 4.78 is 11.5. The lowest BCUT2D eigenvalue weighted by molar-refractivity contribution is 0.0600. The molecule has 0 amide bonds. The van der Waals surface area contributed by atoms with Crippen LogP contribution in [0.15, 0.2) is 22.9 Å².